The second-order valence-corrected chi connectivity index (χ2v) is 5.08. The minimum absolute atomic E-state index is 0.247. The van der Waals surface area contributed by atoms with E-state index in [1.807, 2.05) is 6.07 Å². The number of anilines is 2. The molecule has 104 valence electrons. The van der Waals surface area contributed by atoms with Gasteiger partial charge in [0.15, 0.2) is 0 Å². The van der Waals surface area contributed by atoms with E-state index in [-0.39, 0.29) is 12.0 Å². The van der Waals surface area contributed by atoms with Gasteiger partial charge in [-0.1, -0.05) is 0 Å². The van der Waals surface area contributed by atoms with Crippen molar-refractivity contribution in [1.29, 1.82) is 0 Å². The Morgan fingerprint density at radius 3 is 2.63 bits per heavy atom. The molecule has 1 saturated heterocycles. The second-order valence-electron chi connectivity index (χ2n) is 5.08. The summed E-state index contributed by atoms with van der Waals surface area (Å²) in [6.07, 6.45) is 2.55. The second kappa shape index (κ2) is 5.95. The number of methoxy groups -OCH3 is 1. The van der Waals surface area contributed by atoms with Gasteiger partial charge in [-0.25, -0.2) is 4.79 Å². The van der Waals surface area contributed by atoms with Crippen LogP contribution < -0.4 is 10.2 Å². The number of hydrogen-bond donors (Lipinski definition) is 1. The predicted octanol–water partition coefficient (Wildman–Crippen LogP) is 2.57. The molecule has 0 saturated carbocycles. The Hall–Kier alpha value is -1.71. The average Bonchev–Trinajstić information content (AvgIpc) is 2.94. The summed E-state index contributed by atoms with van der Waals surface area (Å²) in [7, 11) is 1.41. The molecule has 1 heterocycles. The van der Waals surface area contributed by atoms with Crippen molar-refractivity contribution in [2.75, 3.05) is 30.4 Å². The largest absolute Gasteiger partial charge is 0.467 e. The van der Waals surface area contributed by atoms with Crippen LogP contribution in [-0.2, 0) is 9.53 Å². The summed E-state index contributed by atoms with van der Waals surface area (Å²) >= 11 is 0. The smallest absolute Gasteiger partial charge is 0.327 e. The molecule has 0 spiro atoms. The summed E-state index contributed by atoms with van der Waals surface area (Å²) in [4.78, 5) is 13.8. The lowest BCUT2D eigenvalue weighted by atomic mass is 10.1. The van der Waals surface area contributed by atoms with Crippen molar-refractivity contribution in [2.24, 2.45) is 0 Å². The Kier molecular flexibility index (Phi) is 4.30. The number of ether oxygens (including phenoxy) is 1. The van der Waals surface area contributed by atoms with Gasteiger partial charge >= 0.3 is 5.97 Å². The molecular formula is C15H22N2O2. The molecule has 4 nitrogen and oxygen atoms in total. The van der Waals surface area contributed by atoms with E-state index >= 15 is 0 Å². The zero-order valence-corrected chi connectivity index (χ0v) is 11.9. The Morgan fingerprint density at radius 1 is 1.37 bits per heavy atom. The first kappa shape index (κ1) is 13.7. The maximum Gasteiger partial charge on any atom is 0.327 e. The number of carbonyl (C=O) groups is 1. The van der Waals surface area contributed by atoms with E-state index in [2.05, 4.69) is 29.3 Å². The number of carbonyl (C=O) groups excluding carboxylic acids is 1. The highest BCUT2D eigenvalue weighted by molar-refractivity contribution is 5.79. The van der Waals surface area contributed by atoms with E-state index in [0.717, 1.165) is 24.3 Å². The molecule has 1 aliphatic heterocycles. The molecule has 1 aliphatic rings. The van der Waals surface area contributed by atoms with Crippen LogP contribution in [0.25, 0.3) is 0 Å². The first-order valence-corrected chi connectivity index (χ1v) is 6.82. The normalized spacial score (nSPS) is 16.3. The topological polar surface area (TPSA) is 41.6 Å². The van der Waals surface area contributed by atoms with E-state index in [1.54, 1.807) is 6.92 Å². The van der Waals surface area contributed by atoms with Crippen LogP contribution in [0.1, 0.15) is 25.3 Å². The Bertz CT molecular complexity index is 453. The molecule has 0 radical (unpaired) electrons. The number of hydrogen-bond acceptors (Lipinski definition) is 4. The Morgan fingerprint density at radius 2 is 2.05 bits per heavy atom. The molecule has 0 aliphatic carbocycles. The SMILES string of the molecule is COC(=O)C(C)Nc1ccc(N2CCCC2)cc1C. The van der Waals surface area contributed by atoms with E-state index in [0.29, 0.717) is 0 Å². The third kappa shape index (κ3) is 3.19. The molecule has 1 N–H and O–H groups in total. The number of benzene rings is 1. The lowest BCUT2D eigenvalue weighted by Crippen LogP contribution is -2.27. The highest BCUT2D eigenvalue weighted by Crippen LogP contribution is 2.25. The van der Waals surface area contributed by atoms with E-state index in [4.69, 9.17) is 4.74 Å². The molecule has 19 heavy (non-hydrogen) atoms. The van der Waals surface area contributed by atoms with Gasteiger partial charge in [-0.15, -0.1) is 0 Å². The number of aryl methyl sites for hydroxylation is 1. The first-order valence-electron chi connectivity index (χ1n) is 6.82. The lowest BCUT2D eigenvalue weighted by Gasteiger charge is -2.20. The molecule has 1 aromatic carbocycles. The predicted molar refractivity (Wildman–Crippen MR) is 77.7 cm³/mol. The highest BCUT2D eigenvalue weighted by Gasteiger charge is 2.16. The highest BCUT2D eigenvalue weighted by atomic mass is 16.5. The fraction of sp³-hybridized carbons (Fsp3) is 0.533. The summed E-state index contributed by atoms with van der Waals surface area (Å²) in [5.74, 6) is -0.247. The van der Waals surface area contributed by atoms with Gasteiger partial charge in [0, 0.05) is 24.5 Å². The van der Waals surface area contributed by atoms with Gasteiger partial charge in [0.1, 0.15) is 6.04 Å². The molecule has 1 unspecified atom stereocenters. The fourth-order valence-corrected chi connectivity index (χ4v) is 2.45. The van der Waals surface area contributed by atoms with Crippen molar-refractivity contribution in [2.45, 2.75) is 32.7 Å². The lowest BCUT2D eigenvalue weighted by molar-refractivity contribution is -0.141. The average molecular weight is 262 g/mol. The van der Waals surface area contributed by atoms with E-state index in [1.165, 1.54) is 25.6 Å². The van der Waals surface area contributed by atoms with Crippen molar-refractivity contribution in [3.05, 3.63) is 23.8 Å². The van der Waals surface area contributed by atoms with Crippen LogP contribution in [-0.4, -0.2) is 32.2 Å². The monoisotopic (exact) mass is 262 g/mol. The molecule has 1 aromatic rings. The van der Waals surface area contributed by atoms with E-state index < -0.39 is 0 Å². The van der Waals surface area contributed by atoms with E-state index in [9.17, 15) is 4.79 Å². The van der Waals surface area contributed by atoms with Gasteiger partial charge in [-0.3, -0.25) is 0 Å². The van der Waals surface area contributed by atoms with Gasteiger partial charge in [0.2, 0.25) is 0 Å². The molecule has 1 fully saturated rings. The fourth-order valence-electron chi connectivity index (χ4n) is 2.45. The van der Waals surface area contributed by atoms with Crippen LogP contribution in [0.15, 0.2) is 18.2 Å². The summed E-state index contributed by atoms with van der Waals surface area (Å²) in [5.41, 5.74) is 3.41. The summed E-state index contributed by atoms with van der Waals surface area (Å²) in [5, 5.41) is 3.19. The number of rotatable bonds is 4. The molecule has 0 aromatic heterocycles. The summed E-state index contributed by atoms with van der Waals surface area (Å²) < 4.78 is 4.72. The molecule has 0 bridgehead atoms. The molecular weight excluding hydrogens is 240 g/mol. The number of nitrogens with one attached hydrogen (secondary N) is 1. The Labute approximate surface area is 114 Å². The molecule has 4 heteroatoms. The van der Waals surface area contributed by atoms with Crippen LogP contribution in [0, 0.1) is 6.92 Å². The number of esters is 1. The van der Waals surface area contributed by atoms with Gasteiger partial charge in [-0.05, 0) is 50.5 Å². The van der Waals surface area contributed by atoms with Gasteiger partial charge in [-0.2, -0.15) is 0 Å². The maximum absolute atomic E-state index is 11.4. The van der Waals surface area contributed by atoms with Gasteiger partial charge < -0.3 is 15.0 Å². The van der Waals surface area contributed by atoms with Crippen molar-refractivity contribution < 1.29 is 9.53 Å². The minimum atomic E-state index is -0.332. The minimum Gasteiger partial charge on any atom is -0.467 e. The molecule has 1 atom stereocenters. The van der Waals surface area contributed by atoms with Gasteiger partial charge in [0.05, 0.1) is 7.11 Å². The van der Waals surface area contributed by atoms with Crippen molar-refractivity contribution in [3.8, 4) is 0 Å². The third-order valence-corrected chi connectivity index (χ3v) is 3.61. The van der Waals surface area contributed by atoms with Crippen LogP contribution in [0.5, 0.6) is 0 Å². The first-order chi connectivity index (χ1) is 9.11. The zero-order chi connectivity index (χ0) is 13.8. The van der Waals surface area contributed by atoms with Crippen molar-refractivity contribution in [1.82, 2.24) is 0 Å². The van der Waals surface area contributed by atoms with Crippen LogP contribution in [0.3, 0.4) is 0 Å². The standard InChI is InChI=1S/C15H22N2O2/c1-11-10-13(17-8-4-5-9-17)6-7-14(11)16-12(2)15(18)19-3/h6-7,10,12,16H,4-5,8-9H2,1-3H3. The summed E-state index contributed by atoms with van der Waals surface area (Å²) in [6, 6.07) is 6.01. The molecule has 0 amide bonds. The number of nitrogens with zero attached hydrogens (tertiary/aromatic N) is 1. The zero-order valence-electron chi connectivity index (χ0n) is 11.9. The quantitative estimate of drug-likeness (QED) is 0.847. The van der Waals surface area contributed by atoms with Crippen molar-refractivity contribution in [3.63, 3.8) is 0 Å². The van der Waals surface area contributed by atoms with Crippen LogP contribution in [0.4, 0.5) is 11.4 Å². The Balaban J connectivity index is 2.08. The summed E-state index contributed by atoms with van der Waals surface area (Å²) in [6.45, 7) is 6.15. The maximum atomic E-state index is 11.4. The third-order valence-electron chi connectivity index (χ3n) is 3.61. The molecule has 2 rings (SSSR count). The van der Waals surface area contributed by atoms with Crippen LogP contribution in [0.2, 0.25) is 0 Å². The van der Waals surface area contributed by atoms with Crippen LogP contribution >= 0.6 is 0 Å². The van der Waals surface area contributed by atoms with Gasteiger partial charge in [0.25, 0.3) is 0 Å². The van der Waals surface area contributed by atoms with Crippen molar-refractivity contribution >= 4 is 17.3 Å².